The van der Waals surface area contributed by atoms with Crippen LogP contribution in [0.2, 0.25) is 5.02 Å². The van der Waals surface area contributed by atoms with E-state index in [9.17, 15) is 23.2 Å². The summed E-state index contributed by atoms with van der Waals surface area (Å²) in [4.78, 5) is 23.8. The lowest BCUT2D eigenvalue weighted by Gasteiger charge is -2.20. The first-order chi connectivity index (χ1) is 19.5. The summed E-state index contributed by atoms with van der Waals surface area (Å²) in [5.41, 5.74) is 0.163. The second-order valence-corrected chi connectivity index (χ2v) is 11.0. The van der Waals surface area contributed by atoms with E-state index in [0.717, 1.165) is 27.4 Å². The molecular weight excluding hydrogens is 575 g/mol. The van der Waals surface area contributed by atoms with Crippen molar-refractivity contribution in [2.24, 2.45) is 0 Å². The molecule has 0 spiro atoms. The fraction of sp³-hybridized carbons (Fsp3) is 0.241. The van der Waals surface area contributed by atoms with E-state index in [2.05, 4.69) is 9.97 Å². The molecule has 7 nitrogen and oxygen atoms in total. The van der Waals surface area contributed by atoms with Gasteiger partial charge in [0.05, 0.1) is 38.8 Å². The minimum Gasteiger partial charge on any atom is -0.491 e. The Kier molecular flexibility index (Phi) is 7.74. The van der Waals surface area contributed by atoms with E-state index in [1.165, 1.54) is 16.4 Å². The molecule has 0 fully saturated rings. The predicted octanol–water partition coefficient (Wildman–Crippen LogP) is 6.67. The van der Waals surface area contributed by atoms with Gasteiger partial charge in [0.2, 0.25) is 0 Å². The first kappa shape index (κ1) is 28.5. The molecule has 3 heterocycles. The van der Waals surface area contributed by atoms with Crippen molar-refractivity contribution in [3.05, 3.63) is 85.9 Å². The Morgan fingerprint density at radius 2 is 1.93 bits per heavy atom. The Morgan fingerprint density at radius 3 is 2.63 bits per heavy atom. The van der Waals surface area contributed by atoms with Crippen LogP contribution in [0.15, 0.2) is 52.8 Å². The minimum atomic E-state index is -4.72. The standard InChI is InChI=1S/C29H23ClF3N5O2S/c1-16-36-24-13-22(29(31,32)33)21(15-37(2)3)20(14-34)26(24)28(39)38(16)9-10-40-25-5-4-17(30)12-19(25)18-6-8-35-23-7-11-41-27(18)23/h4-8,11-13H,9-10,15H2,1-3H3. The van der Waals surface area contributed by atoms with E-state index < -0.39 is 17.3 Å². The van der Waals surface area contributed by atoms with Crippen molar-refractivity contribution < 1.29 is 17.9 Å². The van der Waals surface area contributed by atoms with Crippen molar-refractivity contribution >= 4 is 44.1 Å². The van der Waals surface area contributed by atoms with Gasteiger partial charge in [0.1, 0.15) is 24.3 Å². The maximum atomic E-state index is 13.9. The Bertz CT molecular complexity index is 1890. The van der Waals surface area contributed by atoms with Crippen LogP contribution in [0.5, 0.6) is 5.75 Å². The van der Waals surface area contributed by atoms with E-state index in [0.29, 0.717) is 10.8 Å². The third-order valence-electron chi connectivity index (χ3n) is 6.59. The molecule has 0 saturated heterocycles. The summed E-state index contributed by atoms with van der Waals surface area (Å²) in [5.74, 6) is 0.741. The highest BCUT2D eigenvalue weighted by Crippen LogP contribution is 2.39. The van der Waals surface area contributed by atoms with Gasteiger partial charge in [-0.25, -0.2) is 4.98 Å². The number of hydrogen-bond donors (Lipinski definition) is 0. The zero-order valence-electron chi connectivity index (χ0n) is 22.2. The number of hydrogen-bond acceptors (Lipinski definition) is 7. The molecule has 5 rings (SSSR count). The second kappa shape index (κ2) is 11.1. The largest absolute Gasteiger partial charge is 0.491 e. The normalized spacial score (nSPS) is 11.9. The average Bonchev–Trinajstić information content (AvgIpc) is 3.39. The zero-order valence-corrected chi connectivity index (χ0v) is 23.8. The van der Waals surface area contributed by atoms with Crippen molar-refractivity contribution in [3.8, 4) is 22.9 Å². The van der Waals surface area contributed by atoms with Gasteiger partial charge in [-0.15, -0.1) is 11.3 Å². The van der Waals surface area contributed by atoms with Gasteiger partial charge >= 0.3 is 6.18 Å². The average molecular weight is 598 g/mol. The Hall–Kier alpha value is -3.98. The summed E-state index contributed by atoms with van der Waals surface area (Å²) in [6.45, 7) is 1.46. The molecule has 0 atom stereocenters. The minimum absolute atomic E-state index is 0.0499. The summed E-state index contributed by atoms with van der Waals surface area (Å²) < 4.78 is 50.2. The summed E-state index contributed by atoms with van der Waals surface area (Å²) in [6, 6.07) is 11.7. The molecule has 0 bridgehead atoms. The van der Waals surface area contributed by atoms with E-state index in [4.69, 9.17) is 16.3 Å². The van der Waals surface area contributed by atoms with Crippen molar-refractivity contribution in [2.45, 2.75) is 26.2 Å². The molecule has 3 aromatic heterocycles. The number of nitrogens with zero attached hydrogens (tertiary/aromatic N) is 5. The van der Waals surface area contributed by atoms with E-state index in [1.54, 1.807) is 49.8 Å². The zero-order chi connectivity index (χ0) is 29.5. The molecule has 2 aromatic carbocycles. The smallest absolute Gasteiger partial charge is 0.416 e. The summed E-state index contributed by atoms with van der Waals surface area (Å²) in [6.07, 6.45) is -3.01. The lowest BCUT2D eigenvalue weighted by atomic mass is 9.96. The number of thiophene rings is 1. The Balaban J connectivity index is 1.53. The number of ether oxygens (including phenoxy) is 1. The van der Waals surface area contributed by atoms with Crippen molar-refractivity contribution in [1.29, 1.82) is 5.26 Å². The van der Waals surface area contributed by atoms with Crippen molar-refractivity contribution in [1.82, 2.24) is 19.4 Å². The van der Waals surface area contributed by atoms with Gasteiger partial charge in [-0.1, -0.05) is 11.6 Å². The van der Waals surface area contributed by atoms with Gasteiger partial charge in [-0.05, 0) is 68.4 Å². The maximum absolute atomic E-state index is 13.9. The van der Waals surface area contributed by atoms with Crippen molar-refractivity contribution in [2.75, 3.05) is 20.7 Å². The van der Waals surface area contributed by atoms with E-state index in [-0.39, 0.29) is 47.6 Å². The van der Waals surface area contributed by atoms with Crippen LogP contribution in [-0.4, -0.2) is 40.1 Å². The predicted molar refractivity (Wildman–Crippen MR) is 153 cm³/mol. The molecule has 0 saturated carbocycles. The summed E-state index contributed by atoms with van der Waals surface area (Å²) in [5, 5.41) is 12.2. The quantitative estimate of drug-likeness (QED) is 0.208. The fourth-order valence-electron chi connectivity index (χ4n) is 4.82. The second-order valence-electron chi connectivity index (χ2n) is 9.62. The third-order valence-corrected chi connectivity index (χ3v) is 7.76. The Labute approximate surface area is 242 Å². The molecule has 0 N–H and O–H groups in total. The summed E-state index contributed by atoms with van der Waals surface area (Å²) >= 11 is 7.85. The number of benzene rings is 2. The molecule has 41 heavy (non-hydrogen) atoms. The van der Waals surface area contributed by atoms with Gasteiger partial charge < -0.3 is 9.64 Å². The van der Waals surface area contributed by atoms with Crippen LogP contribution >= 0.6 is 22.9 Å². The number of rotatable bonds is 7. The molecule has 0 aliphatic carbocycles. The molecule has 210 valence electrons. The van der Waals surface area contributed by atoms with Crippen LogP contribution in [-0.2, 0) is 19.3 Å². The van der Waals surface area contributed by atoms with Gasteiger partial charge in [-0.3, -0.25) is 14.3 Å². The first-order valence-corrected chi connectivity index (χ1v) is 13.7. The van der Waals surface area contributed by atoms with Gasteiger partial charge in [0, 0.05) is 28.9 Å². The van der Waals surface area contributed by atoms with Crippen molar-refractivity contribution in [3.63, 3.8) is 0 Å². The number of halogens is 4. The van der Waals surface area contributed by atoms with E-state index >= 15 is 0 Å². The monoisotopic (exact) mass is 597 g/mol. The van der Waals surface area contributed by atoms with E-state index in [1.807, 2.05) is 23.6 Å². The van der Waals surface area contributed by atoms with Gasteiger partial charge in [-0.2, -0.15) is 18.4 Å². The van der Waals surface area contributed by atoms with Crippen LogP contribution in [0.25, 0.3) is 32.2 Å². The number of nitriles is 1. The van der Waals surface area contributed by atoms with Gasteiger partial charge in [0.25, 0.3) is 5.56 Å². The molecule has 12 heteroatoms. The SMILES string of the molecule is Cc1nc2cc(C(F)(F)F)c(CN(C)C)c(C#N)c2c(=O)n1CCOc1ccc(Cl)cc1-c1ccnc2ccsc12. The van der Waals surface area contributed by atoms with Gasteiger partial charge in [0.15, 0.2) is 0 Å². The lowest BCUT2D eigenvalue weighted by Crippen LogP contribution is -2.28. The van der Waals surface area contributed by atoms with Crippen LogP contribution in [0.3, 0.4) is 0 Å². The molecule has 0 aliphatic rings. The fourth-order valence-corrected chi connectivity index (χ4v) is 5.87. The molecule has 0 amide bonds. The molecule has 0 unspecified atom stereocenters. The van der Waals surface area contributed by atoms with Crippen LogP contribution < -0.4 is 10.3 Å². The van der Waals surface area contributed by atoms with Crippen LogP contribution in [0.4, 0.5) is 13.2 Å². The molecular formula is C29H23ClF3N5O2S. The highest BCUT2D eigenvalue weighted by molar-refractivity contribution is 7.17. The number of pyridine rings is 1. The third kappa shape index (κ3) is 5.51. The molecule has 0 aliphatic heterocycles. The number of aromatic nitrogens is 3. The highest BCUT2D eigenvalue weighted by atomic mass is 35.5. The number of alkyl halides is 3. The Morgan fingerprint density at radius 1 is 1.15 bits per heavy atom. The molecule has 5 aromatic rings. The summed E-state index contributed by atoms with van der Waals surface area (Å²) in [7, 11) is 3.18. The first-order valence-electron chi connectivity index (χ1n) is 12.4. The molecule has 0 radical (unpaired) electrons. The van der Waals surface area contributed by atoms with Crippen LogP contribution in [0.1, 0.15) is 22.5 Å². The maximum Gasteiger partial charge on any atom is 0.416 e. The number of aryl methyl sites for hydroxylation is 1. The number of fused-ring (bicyclic) bond motifs is 2. The lowest BCUT2D eigenvalue weighted by molar-refractivity contribution is -0.138. The topological polar surface area (TPSA) is 84.0 Å². The highest BCUT2D eigenvalue weighted by Gasteiger charge is 2.36. The van der Waals surface area contributed by atoms with Crippen LogP contribution in [0, 0.1) is 18.3 Å².